The van der Waals surface area contributed by atoms with E-state index in [2.05, 4.69) is 12.2 Å². The summed E-state index contributed by atoms with van der Waals surface area (Å²) in [6.07, 6.45) is 11.6. The standard InChI is InChI=1S/C12H25N/c1-2-3-4-5-6-7-8-12-9-10-13-11-12/h12-13H,2-11H2,1H3/t12-/m0/s1. The van der Waals surface area contributed by atoms with Crippen molar-refractivity contribution in [3.05, 3.63) is 0 Å². The maximum atomic E-state index is 3.43. The van der Waals surface area contributed by atoms with Crippen molar-refractivity contribution in [2.24, 2.45) is 5.92 Å². The third kappa shape index (κ3) is 5.30. The van der Waals surface area contributed by atoms with E-state index in [9.17, 15) is 0 Å². The van der Waals surface area contributed by atoms with Gasteiger partial charge in [0.1, 0.15) is 0 Å². The lowest BCUT2D eigenvalue weighted by molar-refractivity contribution is 0.482. The van der Waals surface area contributed by atoms with E-state index in [0.717, 1.165) is 5.92 Å². The third-order valence-corrected chi connectivity index (χ3v) is 3.13. The molecule has 0 saturated carbocycles. The van der Waals surface area contributed by atoms with Crippen LogP contribution in [0.25, 0.3) is 0 Å². The van der Waals surface area contributed by atoms with Gasteiger partial charge in [0.2, 0.25) is 0 Å². The van der Waals surface area contributed by atoms with Crippen molar-refractivity contribution in [2.75, 3.05) is 13.1 Å². The zero-order valence-electron chi connectivity index (χ0n) is 9.15. The molecule has 0 radical (unpaired) electrons. The van der Waals surface area contributed by atoms with Gasteiger partial charge >= 0.3 is 0 Å². The van der Waals surface area contributed by atoms with Gasteiger partial charge in [-0.05, 0) is 31.8 Å². The minimum atomic E-state index is 1.01. The fraction of sp³-hybridized carbons (Fsp3) is 1.00. The SMILES string of the molecule is CCCCCCCC[C@H]1CCNC1. The molecule has 1 atom stereocenters. The Morgan fingerprint density at radius 2 is 1.85 bits per heavy atom. The summed E-state index contributed by atoms with van der Waals surface area (Å²) in [6.45, 7) is 4.83. The van der Waals surface area contributed by atoms with Gasteiger partial charge in [0.05, 0.1) is 0 Å². The van der Waals surface area contributed by atoms with Crippen LogP contribution in [-0.4, -0.2) is 13.1 Å². The Morgan fingerprint density at radius 1 is 1.08 bits per heavy atom. The van der Waals surface area contributed by atoms with Crippen molar-refractivity contribution in [3.8, 4) is 0 Å². The smallest absolute Gasteiger partial charge is 0.00200 e. The van der Waals surface area contributed by atoms with Crippen molar-refractivity contribution in [1.29, 1.82) is 0 Å². The molecule has 0 aromatic rings. The first-order valence-corrected chi connectivity index (χ1v) is 6.14. The molecule has 0 aliphatic carbocycles. The molecule has 1 saturated heterocycles. The zero-order chi connectivity index (χ0) is 9.36. The highest BCUT2D eigenvalue weighted by molar-refractivity contribution is 4.70. The summed E-state index contributed by atoms with van der Waals surface area (Å²) in [5.41, 5.74) is 0. The summed E-state index contributed by atoms with van der Waals surface area (Å²) >= 11 is 0. The van der Waals surface area contributed by atoms with Gasteiger partial charge in [0, 0.05) is 0 Å². The molecule has 0 amide bonds. The normalized spacial score (nSPS) is 22.4. The minimum absolute atomic E-state index is 1.01. The van der Waals surface area contributed by atoms with Gasteiger partial charge in [-0.25, -0.2) is 0 Å². The molecule has 0 bridgehead atoms. The molecule has 1 rings (SSSR count). The number of nitrogens with one attached hydrogen (secondary N) is 1. The molecule has 13 heavy (non-hydrogen) atoms. The van der Waals surface area contributed by atoms with E-state index in [1.165, 1.54) is 64.5 Å². The van der Waals surface area contributed by atoms with Crippen LogP contribution in [0.15, 0.2) is 0 Å². The van der Waals surface area contributed by atoms with Crippen LogP contribution in [0.2, 0.25) is 0 Å². The Balaban J connectivity index is 1.78. The second-order valence-corrected chi connectivity index (χ2v) is 4.42. The molecule has 1 aliphatic heterocycles. The monoisotopic (exact) mass is 183 g/mol. The average molecular weight is 183 g/mol. The Hall–Kier alpha value is -0.0400. The molecule has 1 aliphatic rings. The van der Waals surface area contributed by atoms with Crippen LogP contribution >= 0.6 is 0 Å². The van der Waals surface area contributed by atoms with Crippen molar-refractivity contribution >= 4 is 0 Å². The Bertz CT molecular complexity index is 106. The fourth-order valence-corrected chi connectivity index (χ4v) is 2.17. The van der Waals surface area contributed by atoms with E-state index in [4.69, 9.17) is 0 Å². The number of rotatable bonds is 7. The predicted molar refractivity (Wildman–Crippen MR) is 59.0 cm³/mol. The van der Waals surface area contributed by atoms with Crippen molar-refractivity contribution in [1.82, 2.24) is 5.32 Å². The van der Waals surface area contributed by atoms with Crippen LogP contribution in [0.4, 0.5) is 0 Å². The van der Waals surface area contributed by atoms with Crippen molar-refractivity contribution < 1.29 is 0 Å². The Kier molecular flexibility index (Phi) is 6.26. The minimum Gasteiger partial charge on any atom is -0.316 e. The summed E-state index contributed by atoms with van der Waals surface area (Å²) in [5, 5.41) is 3.43. The molecule has 1 N–H and O–H groups in total. The zero-order valence-corrected chi connectivity index (χ0v) is 9.15. The number of unbranched alkanes of at least 4 members (excludes halogenated alkanes) is 5. The van der Waals surface area contributed by atoms with E-state index in [-0.39, 0.29) is 0 Å². The van der Waals surface area contributed by atoms with Crippen LogP contribution in [0.3, 0.4) is 0 Å². The number of hydrogen-bond donors (Lipinski definition) is 1. The maximum Gasteiger partial charge on any atom is -0.00200 e. The van der Waals surface area contributed by atoms with Gasteiger partial charge in [-0.2, -0.15) is 0 Å². The lowest BCUT2D eigenvalue weighted by Crippen LogP contribution is -2.08. The van der Waals surface area contributed by atoms with Crippen molar-refractivity contribution in [3.63, 3.8) is 0 Å². The molecular formula is C12H25N. The first kappa shape index (κ1) is 11.0. The summed E-state index contributed by atoms with van der Waals surface area (Å²) in [7, 11) is 0. The average Bonchev–Trinajstić information content (AvgIpc) is 2.63. The van der Waals surface area contributed by atoms with Crippen LogP contribution in [0, 0.1) is 5.92 Å². The van der Waals surface area contributed by atoms with Crippen LogP contribution in [-0.2, 0) is 0 Å². The molecule has 0 aromatic heterocycles. The second-order valence-electron chi connectivity index (χ2n) is 4.42. The van der Waals surface area contributed by atoms with E-state index < -0.39 is 0 Å². The quantitative estimate of drug-likeness (QED) is 0.597. The highest BCUT2D eigenvalue weighted by atomic mass is 14.9. The topological polar surface area (TPSA) is 12.0 Å². The third-order valence-electron chi connectivity index (χ3n) is 3.13. The van der Waals surface area contributed by atoms with Gasteiger partial charge in [-0.1, -0.05) is 45.4 Å². The van der Waals surface area contributed by atoms with E-state index in [1.54, 1.807) is 0 Å². The van der Waals surface area contributed by atoms with Gasteiger partial charge in [0.25, 0.3) is 0 Å². The second kappa shape index (κ2) is 7.37. The maximum absolute atomic E-state index is 3.43. The molecule has 0 aromatic carbocycles. The van der Waals surface area contributed by atoms with Crippen LogP contribution < -0.4 is 5.32 Å². The Morgan fingerprint density at radius 3 is 2.54 bits per heavy atom. The molecular weight excluding hydrogens is 158 g/mol. The lowest BCUT2D eigenvalue weighted by Gasteiger charge is -2.06. The molecule has 1 heteroatoms. The first-order valence-electron chi connectivity index (χ1n) is 6.14. The summed E-state index contributed by atoms with van der Waals surface area (Å²) in [4.78, 5) is 0. The lowest BCUT2D eigenvalue weighted by atomic mass is 10.00. The van der Waals surface area contributed by atoms with Gasteiger partial charge in [-0.15, -0.1) is 0 Å². The molecule has 1 nitrogen and oxygen atoms in total. The van der Waals surface area contributed by atoms with Gasteiger partial charge in [0.15, 0.2) is 0 Å². The van der Waals surface area contributed by atoms with Crippen molar-refractivity contribution in [2.45, 2.75) is 58.3 Å². The Labute approximate surface area is 83.3 Å². The molecule has 78 valence electrons. The van der Waals surface area contributed by atoms with Crippen LogP contribution in [0.1, 0.15) is 58.3 Å². The molecule has 1 heterocycles. The molecule has 0 spiro atoms. The molecule has 0 unspecified atom stereocenters. The molecule has 1 fully saturated rings. The van der Waals surface area contributed by atoms with Crippen LogP contribution in [0.5, 0.6) is 0 Å². The van der Waals surface area contributed by atoms with Gasteiger partial charge < -0.3 is 5.32 Å². The highest BCUT2D eigenvalue weighted by Gasteiger charge is 2.12. The summed E-state index contributed by atoms with van der Waals surface area (Å²) < 4.78 is 0. The highest BCUT2D eigenvalue weighted by Crippen LogP contribution is 2.17. The predicted octanol–water partition coefficient (Wildman–Crippen LogP) is 3.35. The van der Waals surface area contributed by atoms with Gasteiger partial charge in [-0.3, -0.25) is 0 Å². The largest absolute Gasteiger partial charge is 0.316 e. The first-order chi connectivity index (χ1) is 6.43. The van der Waals surface area contributed by atoms with E-state index in [0.29, 0.717) is 0 Å². The summed E-state index contributed by atoms with van der Waals surface area (Å²) in [5.74, 6) is 1.01. The van der Waals surface area contributed by atoms with E-state index in [1.807, 2.05) is 0 Å². The summed E-state index contributed by atoms with van der Waals surface area (Å²) in [6, 6.07) is 0. The fourth-order valence-electron chi connectivity index (χ4n) is 2.17. The number of hydrogen-bond acceptors (Lipinski definition) is 1. The van der Waals surface area contributed by atoms with E-state index >= 15 is 0 Å².